The topological polar surface area (TPSA) is 65.0 Å². The van der Waals surface area contributed by atoms with E-state index in [9.17, 15) is 0 Å². The molecule has 0 fully saturated rings. The fourth-order valence-corrected chi connectivity index (χ4v) is 7.84. The highest BCUT2D eigenvalue weighted by atomic mass is 16.3. The number of rotatable bonds is 6. The van der Waals surface area contributed by atoms with Gasteiger partial charge < -0.3 is 8.83 Å². The number of aromatic nitrogens is 3. The molecule has 11 aromatic rings. The van der Waals surface area contributed by atoms with Crippen LogP contribution >= 0.6 is 0 Å². The van der Waals surface area contributed by atoms with Gasteiger partial charge in [0.25, 0.3) is 0 Å². The number of nitrogens with zero attached hydrogens (tertiary/aromatic N) is 3. The van der Waals surface area contributed by atoms with Gasteiger partial charge in [-0.1, -0.05) is 152 Å². The molecule has 0 atom stereocenters. The molecule has 5 heteroatoms. The first-order valence-electron chi connectivity index (χ1n) is 18.7. The van der Waals surface area contributed by atoms with Crippen molar-refractivity contribution < 1.29 is 8.83 Å². The van der Waals surface area contributed by atoms with E-state index in [-0.39, 0.29) is 0 Å². The van der Waals surface area contributed by atoms with E-state index in [0.717, 1.165) is 93.9 Å². The summed E-state index contributed by atoms with van der Waals surface area (Å²) < 4.78 is 12.7. The third kappa shape index (κ3) is 5.45. The summed E-state index contributed by atoms with van der Waals surface area (Å²) in [5.74, 6) is 1.91. The van der Waals surface area contributed by atoms with E-state index < -0.39 is 0 Å². The molecule has 56 heavy (non-hydrogen) atoms. The number of para-hydroxylation sites is 1. The van der Waals surface area contributed by atoms with Crippen molar-refractivity contribution in [1.29, 1.82) is 0 Å². The lowest BCUT2D eigenvalue weighted by Crippen LogP contribution is -2.00. The van der Waals surface area contributed by atoms with Gasteiger partial charge in [0.05, 0.1) is 0 Å². The van der Waals surface area contributed by atoms with Crippen LogP contribution in [0.5, 0.6) is 0 Å². The van der Waals surface area contributed by atoms with Crippen LogP contribution in [0.1, 0.15) is 0 Å². The maximum absolute atomic E-state index is 6.58. The molecule has 3 heterocycles. The van der Waals surface area contributed by atoms with Crippen molar-refractivity contribution in [3.63, 3.8) is 0 Å². The van der Waals surface area contributed by atoms with Gasteiger partial charge in [0.1, 0.15) is 22.3 Å². The summed E-state index contributed by atoms with van der Waals surface area (Å²) in [6, 6.07) is 64.6. The highest BCUT2D eigenvalue weighted by Crippen LogP contribution is 2.42. The normalized spacial score (nSPS) is 11.6. The number of hydrogen-bond acceptors (Lipinski definition) is 5. The van der Waals surface area contributed by atoms with Crippen molar-refractivity contribution in [2.24, 2.45) is 0 Å². The lowest BCUT2D eigenvalue weighted by atomic mass is 9.91. The predicted octanol–water partition coefficient (Wildman–Crippen LogP) is 13.7. The molecule has 0 saturated carbocycles. The molecular weight excluding hydrogens is 687 g/mol. The second-order valence-electron chi connectivity index (χ2n) is 14.0. The number of furan rings is 2. The first-order chi connectivity index (χ1) is 27.7. The number of hydrogen-bond donors (Lipinski definition) is 0. The van der Waals surface area contributed by atoms with Crippen molar-refractivity contribution in [2.45, 2.75) is 0 Å². The molecule has 0 amide bonds. The molecule has 0 saturated heterocycles. The Labute approximate surface area is 322 Å². The van der Waals surface area contributed by atoms with Gasteiger partial charge in [-0.25, -0.2) is 15.0 Å². The van der Waals surface area contributed by atoms with Crippen molar-refractivity contribution in [2.75, 3.05) is 0 Å². The van der Waals surface area contributed by atoms with Crippen molar-refractivity contribution >= 4 is 43.9 Å². The molecule has 5 nitrogen and oxygen atoms in total. The van der Waals surface area contributed by atoms with Crippen LogP contribution in [-0.4, -0.2) is 15.0 Å². The van der Waals surface area contributed by atoms with Gasteiger partial charge in [-0.15, -0.1) is 0 Å². The Kier molecular flexibility index (Phi) is 7.42. The van der Waals surface area contributed by atoms with E-state index in [1.165, 1.54) is 0 Å². The maximum atomic E-state index is 6.58. The van der Waals surface area contributed by atoms with Gasteiger partial charge in [-0.05, 0) is 69.8 Å². The van der Waals surface area contributed by atoms with Gasteiger partial charge in [0.15, 0.2) is 17.5 Å². The van der Waals surface area contributed by atoms with E-state index in [2.05, 4.69) is 115 Å². The summed E-state index contributed by atoms with van der Waals surface area (Å²) in [7, 11) is 0. The Bertz CT molecular complexity index is 3180. The molecule has 11 rings (SSSR count). The molecule has 0 aliphatic carbocycles. The van der Waals surface area contributed by atoms with Crippen LogP contribution in [0.15, 0.2) is 197 Å². The highest BCUT2D eigenvalue weighted by molar-refractivity contribution is 6.14. The van der Waals surface area contributed by atoms with Gasteiger partial charge in [0, 0.05) is 38.2 Å². The van der Waals surface area contributed by atoms with Crippen LogP contribution in [0.4, 0.5) is 0 Å². The fraction of sp³-hybridized carbons (Fsp3) is 0. The van der Waals surface area contributed by atoms with Crippen molar-refractivity contribution in [3.8, 4) is 67.5 Å². The summed E-state index contributed by atoms with van der Waals surface area (Å²) in [6.07, 6.45) is 0. The van der Waals surface area contributed by atoms with Crippen LogP contribution in [-0.2, 0) is 0 Å². The standard InChI is InChI=1S/C51H31N3O2/c1-3-12-33(13-4-1)49-52-50(34-14-5-2-6-15-34)54-51(53-49)35-24-22-32(23-25-35)36-26-28-42-47(31-36)56-46-21-11-19-41(48(42)46)39-17-8-7-16-38(39)37-27-29-45-43(30-37)40-18-9-10-20-44(40)55-45/h1-31H. The van der Waals surface area contributed by atoms with Gasteiger partial charge in [-0.3, -0.25) is 0 Å². The minimum absolute atomic E-state index is 0.628. The zero-order chi connectivity index (χ0) is 37.0. The zero-order valence-electron chi connectivity index (χ0n) is 30.1. The molecule has 3 aromatic heterocycles. The average molecular weight is 718 g/mol. The fourth-order valence-electron chi connectivity index (χ4n) is 7.84. The summed E-state index contributed by atoms with van der Waals surface area (Å²) in [4.78, 5) is 14.7. The molecule has 0 N–H and O–H groups in total. The molecule has 0 radical (unpaired) electrons. The quantitative estimate of drug-likeness (QED) is 0.171. The molecule has 0 unspecified atom stereocenters. The largest absolute Gasteiger partial charge is 0.456 e. The van der Waals surface area contributed by atoms with Crippen molar-refractivity contribution in [1.82, 2.24) is 15.0 Å². The average Bonchev–Trinajstić information content (AvgIpc) is 3.85. The van der Waals surface area contributed by atoms with Crippen LogP contribution in [0.2, 0.25) is 0 Å². The Hall–Kier alpha value is -7.63. The molecule has 0 spiro atoms. The third-order valence-corrected chi connectivity index (χ3v) is 10.6. The number of fused-ring (bicyclic) bond motifs is 6. The second-order valence-corrected chi connectivity index (χ2v) is 14.0. The molecule has 0 bridgehead atoms. The second kappa shape index (κ2) is 13.0. The van der Waals surface area contributed by atoms with Crippen LogP contribution in [0.3, 0.4) is 0 Å². The van der Waals surface area contributed by atoms with Gasteiger partial charge in [0.2, 0.25) is 0 Å². The molecule has 0 aliphatic heterocycles. The minimum Gasteiger partial charge on any atom is -0.456 e. The molecule has 8 aromatic carbocycles. The minimum atomic E-state index is 0.628. The lowest BCUT2D eigenvalue weighted by molar-refractivity contribution is 0.668. The van der Waals surface area contributed by atoms with E-state index in [0.29, 0.717) is 17.5 Å². The maximum Gasteiger partial charge on any atom is 0.164 e. The summed E-state index contributed by atoms with van der Waals surface area (Å²) in [5.41, 5.74) is 13.0. The van der Waals surface area contributed by atoms with Crippen molar-refractivity contribution in [3.05, 3.63) is 188 Å². The Morgan fingerprint density at radius 1 is 0.268 bits per heavy atom. The SMILES string of the molecule is c1ccc(-c2nc(-c3ccccc3)nc(-c3ccc(-c4ccc5c(c4)oc4cccc(-c6ccccc6-c6ccc7oc8ccccc8c7c6)c45)cc3)n2)cc1. The zero-order valence-corrected chi connectivity index (χ0v) is 30.1. The van der Waals surface area contributed by atoms with Gasteiger partial charge in [-0.2, -0.15) is 0 Å². The van der Waals surface area contributed by atoms with Crippen LogP contribution < -0.4 is 0 Å². The number of benzene rings is 8. The Morgan fingerprint density at radius 2 is 0.786 bits per heavy atom. The molecule has 0 aliphatic rings. The Balaban J connectivity index is 0.964. The summed E-state index contributed by atoms with van der Waals surface area (Å²) in [6.45, 7) is 0. The van der Waals surface area contributed by atoms with E-state index in [1.807, 2.05) is 72.8 Å². The van der Waals surface area contributed by atoms with E-state index in [1.54, 1.807) is 0 Å². The summed E-state index contributed by atoms with van der Waals surface area (Å²) >= 11 is 0. The van der Waals surface area contributed by atoms with E-state index in [4.69, 9.17) is 23.8 Å². The monoisotopic (exact) mass is 717 g/mol. The van der Waals surface area contributed by atoms with E-state index >= 15 is 0 Å². The molecular formula is C51H31N3O2. The van der Waals surface area contributed by atoms with Gasteiger partial charge >= 0.3 is 0 Å². The Morgan fingerprint density at radius 3 is 1.52 bits per heavy atom. The van der Waals surface area contributed by atoms with Crippen LogP contribution in [0.25, 0.3) is 111 Å². The first-order valence-corrected chi connectivity index (χ1v) is 18.7. The lowest BCUT2D eigenvalue weighted by Gasteiger charge is -2.12. The smallest absolute Gasteiger partial charge is 0.164 e. The summed E-state index contributed by atoms with van der Waals surface area (Å²) in [5, 5.41) is 4.41. The highest BCUT2D eigenvalue weighted by Gasteiger charge is 2.18. The predicted molar refractivity (Wildman–Crippen MR) is 227 cm³/mol. The first kappa shape index (κ1) is 31.9. The van der Waals surface area contributed by atoms with Crippen LogP contribution in [0, 0.1) is 0 Å². The third-order valence-electron chi connectivity index (χ3n) is 10.6. The molecule has 262 valence electrons.